The van der Waals surface area contributed by atoms with E-state index in [-0.39, 0.29) is 5.25 Å². The van der Waals surface area contributed by atoms with E-state index in [1.165, 1.54) is 10.5 Å². The van der Waals surface area contributed by atoms with Gasteiger partial charge in [-0.25, -0.2) is 0 Å². The van der Waals surface area contributed by atoms with Crippen LogP contribution in [0, 0.1) is 11.3 Å². The summed E-state index contributed by atoms with van der Waals surface area (Å²) in [6.07, 6.45) is 0.885. The van der Waals surface area contributed by atoms with Crippen LogP contribution in [0.15, 0.2) is 29.2 Å². The van der Waals surface area contributed by atoms with Crippen molar-refractivity contribution in [2.24, 2.45) is 0 Å². The minimum atomic E-state index is 0.0586. The SMILES string of the molecule is CCC(C#N)Sc1cccc(CNC(C)C)c1. The van der Waals surface area contributed by atoms with E-state index < -0.39 is 0 Å². The minimum absolute atomic E-state index is 0.0586. The van der Waals surface area contributed by atoms with Gasteiger partial charge in [0.2, 0.25) is 0 Å². The Balaban J connectivity index is 2.62. The van der Waals surface area contributed by atoms with Gasteiger partial charge >= 0.3 is 0 Å². The van der Waals surface area contributed by atoms with E-state index in [4.69, 9.17) is 5.26 Å². The molecule has 1 N–H and O–H groups in total. The van der Waals surface area contributed by atoms with Crippen molar-refractivity contribution in [3.8, 4) is 6.07 Å². The van der Waals surface area contributed by atoms with Crippen molar-refractivity contribution in [3.63, 3.8) is 0 Å². The van der Waals surface area contributed by atoms with Crippen LogP contribution in [-0.4, -0.2) is 11.3 Å². The standard InChI is InChI=1S/C14H20N2S/c1-4-13(9-15)17-14-7-5-6-12(8-14)10-16-11(2)3/h5-8,11,13,16H,4,10H2,1-3H3. The van der Waals surface area contributed by atoms with Crippen molar-refractivity contribution in [1.29, 1.82) is 5.26 Å². The molecule has 1 aromatic carbocycles. The molecule has 0 fully saturated rings. The summed E-state index contributed by atoms with van der Waals surface area (Å²) in [5.41, 5.74) is 1.27. The molecule has 1 aromatic rings. The van der Waals surface area contributed by atoms with Gasteiger partial charge in [0.25, 0.3) is 0 Å². The van der Waals surface area contributed by atoms with Crippen molar-refractivity contribution >= 4 is 11.8 Å². The van der Waals surface area contributed by atoms with E-state index in [1.807, 2.05) is 6.92 Å². The molecule has 17 heavy (non-hydrogen) atoms. The number of thioether (sulfide) groups is 1. The highest BCUT2D eigenvalue weighted by Crippen LogP contribution is 2.25. The Morgan fingerprint density at radius 1 is 1.41 bits per heavy atom. The molecule has 0 saturated carbocycles. The lowest BCUT2D eigenvalue weighted by Gasteiger charge is -2.10. The average molecular weight is 248 g/mol. The molecule has 0 aromatic heterocycles. The number of nitriles is 1. The molecule has 92 valence electrons. The monoisotopic (exact) mass is 248 g/mol. The Kier molecular flexibility index (Phi) is 6.10. The summed E-state index contributed by atoms with van der Waals surface area (Å²) in [4.78, 5) is 1.18. The third-order valence-electron chi connectivity index (χ3n) is 2.41. The third-order valence-corrected chi connectivity index (χ3v) is 3.66. The number of rotatable bonds is 6. The van der Waals surface area contributed by atoms with Crippen LogP contribution in [0.4, 0.5) is 0 Å². The second-order valence-electron chi connectivity index (χ2n) is 4.33. The van der Waals surface area contributed by atoms with Gasteiger partial charge in [-0.3, -0.25) is 0 Å². The second kappa shape index (κ2) is 7.37. The predicted octanol–water partition coefficient (Wildman–Crippen LogP) is 3.58. The summed E-state index contributed by atoms with van der Waals surface area (Å²) in [7, 11) is 0. The molecule has 1 atom stereocenters. The Morgan fingerprint density at radius 2 is 2.18 bits per heavy atom. The van der Waals surface area contributed by atoms with Crippen LogP contribution in [0.2, 0.25) is 0 Å². The summed E-state index contributed by atoms with van der Waals surface area (Å²) in [6.45, 7) is 7.21. The van der Waals surface area contributed by atoms with Crippen LogP contribution < -0.4 is 5.32 Å². The molecule has 0 spiro atoms. The van der Waals surface area contributed by atoms with Crippen molar-refractivity contribution in [2.75, 3.05) is 0 Å². The lowest BCUT2D eigenvalue weighted by Crippen LogP contribution is -2.21. The molecule has 0 radical (unpaired) electrons. The largest absolute Gasteiger partial charge is 0.310 e. The summed E-state index contributed by atoms with van der Waals surface area (Å²) >= 11 is 1.65. The van der Waals surface area contributed by atoms with Gasteiger partial charge in [0, 0.05) is 17.5 Å². The Hall–Kier alpha value is -0.980. The molecule has 2 nitrogen and oxygen atoms in total. The van der Waals surface area contributed by atoms with Crippen LogP contribution in [0.1, 0.15) is 32.8 Å². The number of benzene rings is 1. The first-order chi connectivity index (χ1) is 8.15. The zero-order valence-electron chi connectivity index (χ0n) is 10.7. The molecule has 0 bridgehead atoms. The number of nitrogens with zero attached hydrogens (tertiary/aromatic N) is 1. The van der Waals surface area contributed by atoms with Crippen molar-refractivity contribution < 1.29 is 0 Å². The summed E-state index contributed by atoms with van der Waals surface area (Å²) in [5.74, 6) is 0. The smallest absolute Gasteiger partial charge is 0.0961 e. The zero-order chi connectivity index (χ0) is 12.7. The normalized spacial score (nSPS) is 12.4. The fourth-order valence-electron chi connectivity index (χ4n) is 1.42. The maximum Gasteiger partial charge on any atom is 0.0961 e. The zero-order valence-corrected chi connectivity index (χ0v) is 11.6. The molecule has 0 aliphatic heterocycles. The van der Waals surface area contributed by atoms with Crippen molar-refractivity contribution in [2.45, 2.75) is 49.9 Å². The number of hydrogen-bond acceptors (Lipinski definition) is 3. The molecule has 1 unspecified atom stereocenters. The second-order valence-corrected chi connectivity index (χ2v) is 5.60. The average Bonchev–Trinajstić information content (AvgIpc) is 2.34. The van der Waals surface area contributed by atoms with Gasteiger partial charge in [0.05, 0.1) is 11.3 Å². The quantitative estimate of drug-likeness (QED) is 0.782. The van der Waals surface area contributed by atoms with E-state index in [1.54, 1.807) is 11.8 Å². The topological polar surface area (TPSA) is 35.8 Å². The Labute approximate surface area is 108 Å². The molecular formula is C14H20N2S. The number of nitrogens with one attached hydrogen (secondary N) is 1. The summed E-state index contributed by atoms with van der Waals surface area (Å²) in [6, 6.07) is 11.2. The van der Waals surface area contributed by atoms with Gasteiger partial charge in [-0.2, -0.15) is 5.26 Å². The van der Waals surface area contributed by atoms with Gasteiger partial charge in [0.1, 0.15) is 0 Å². The first kappa shape index (κ1) is 14.1. The van der Waals surface area contributed by atoms with Crippen molar-refractivity contribution in [1.82, 2.24) is 5.32 Å². The molecule has 1 rings (SSSR count). The minimum Gasteiger partial charge on any atom is -0.310 e. The van der Waals surface area contributed by atoms with Crippen LogP contribution in [0.25, 0.3) is 0 Å². The highest BCUT2D eigenvalue weighted by Gasteiger charge is 2.06. The predicted molar refractivity (Wildman–Crippen MR) is 74.0 cm³/mol. The Bertz CT molecular complexity index is 382. The lowest BCUT2D eigenvalue weighted by atomic mass is 10.2. The van der Waals surface area contributed by atoms with Gasteiger partial charge in [-0.05, 0) is 24.1 Å². The summed E-state index contributed by atoms with van der Waals surface area (Å²) < 4.78 is 0. The van der Waals surface area contributed by atoms with E-state index in [9.17, 15) is 0 Å². The van der Waals surface area contributed by atoms with Crippen molar-refractivity contribution in [3.05, 3.63) is 29.8 Å². The molecule has 0 heterocycles. The summed E-state index contributed by atoms with van der Waals surface area (Å²) in [5, 5.41) is 12.4. The van der Waals surface area contributed by atoms with Crippen LogP contribution >= 0.6 is 11.8 Å². The molecule has 3 heteroatoms. The van der Waals surface area contributed by atoms with E-state index in [0.29, 0.717) is 6.04 Å². The van der Waals surface area contributed by atoms with Gasteiger partial charge in [-0.1, -0.05) is 32.9 Å². The van der Waals surface area contributed by atoms with Crippen LogP contribution in [0.5, 0.6) is 0 Å². The number of hydrogen-bond donors (Lipinski definition) is 1. The first-order valence-corrected chi connectivity index (χ1v) is 6.92. The van der Waals surface area contributed by atoms with Crippen LogP contribution in [-0.2, 0) is 6.54 Å². The third kappa shape index (κ3) is 5.25. The van der Waals surface area contributed by atoms with E-state index >= 15 is 0 Å². The molecule has 0 saturated heterocycles. The highest BCUT2D eigenvalue weighted by molar-refractivity contribution is 8.00. The fraction of sp³-hybridized carbons (Fsp3) is 0.500. The maximum absolute atomic E-state index is 8.95. The highest BCUT2D eigenvalue weighted by atomic mass is 32.2. The first-order valence-electron chi connectivity index (χ1n) is 6.04. The van der Waals surface area contributed by atoms with Gasteiger partial charge < -0.3 is 5.32 Å². The maximum atomic E-state index is 8.95. The van der Waals surface area contributed by atoms with Gasteiger partial charge in [0.15, 0.2) is 0 Å². The lowest BCUT2D eigenvalue weighted by molar-refractivity contribution is 0.588. The molecule has 0 aliphatic carbocycles. The molecule has 0 amide bonds. The Morgan fingerprint density at radius 3 is 2.76 bits per heavy atom. The van der Waals surface area contributed by atoms with Crippen LogP contribution in [0.3, 0.4) is 0 Å². The van der Waals surface area contributed by atoms with E-state index in [2.05, 4.69) is 49.5 Å². The van der Waals surface area contributed by atoms with E-state index in [0.717, 1.165) is 13.0 Å². The van der Waals surface area contributed by atoms with Gasteiger partial charge in [-0.15, -0.1) is 11.8 Å². The molecular weight excluding hydrogens is 228 g/mol. The molecule has 0 aliphatic rings. The fourth-order valence-corrected chi connectivity index (χ4v) is 2.34.